The van der Waals surface area contributed by atoms with Crippen molar-refractivity contribution in [1.29, 1.82) is 0 Å². The number of carbonyl (C=O) groups is 1. The zero-order valence-electron chi connectivity index (χ0n) is 10.2. The van der Waals surface area contributed by atoms with E-state index >= 15 is 0 Å². The van der Waals surface area contributed by atoms with Crippen LogP contribution < -0.4 is 5.32 Å². The number of hydrogen-bond donors (Lipinski definition) is 2. The van der Waals surface area contributed by atoms with Gasteiger partial charge < -0.3 is 10.4 Å². The van der Waals surface area contributed by atoms with Crippen LogP contribution in [0.15, 0.2) is 0 Å². The molecule has 1 aliphatic rings. The molecule has 3 heteroatoms. The Kier molecular flexibility index (Phi) is 4.82. The van der Waals surface area contributed by atoms with E-state index in [9.17, 15) is 9.90 Å². The van der Waals surface area contributed by atoms with E-state index in [2.05, 4.69) is 24.1 Å². The van der Waals surface area contributed by atoms with Crippen molar-refractivity contribution in [2.75, 3.05) is 6.54 Å². The number of rotatable bonds is 3. The summed E-state index contributed by atoms with van der Waals surface area (Å²) in [6.45, 7) is 4.14. The summed E-state index contributed by atoms with van der Waals surface area (Å²) in [6, 6.07) is 0. The first-order chi connectivity index (χ1) is 7.59. The zero-order valence-corrected chi connectivity index (χ0v) is 10.2. The van der Waals surface area contributed by atoms with Gasteiger partial charge in [-0.15, -0.1) is 0 Å². The van der Waals surface area contributed by atoms with E-state index in [-0.39, 0.29) is 5.91 Å². The molecule has 0 radical (unpaired) electrons. The summed E-state index contributed by atoms with van der Waals surface area (Å²) in [4.78, 5) is 11.2. The van der Waals surface area contributed by atoms with E-state index < -0.39 is 5.60 Å². The fourth-order valence-corrected chi connectivity index (χ4v) is 2.20. The van der Waals surface area contributed by atoms with Gasteiger partial charge in [0.25, 0.3) is 5.91 Å². The molecule has 0 unspecified atom stereocenters. The lowest BCUT2D eigenvalue weighted by Crippen LogP contribution is -2.45. The average molecular weight is 223 g/mol. The summed E-state index contributed by atoms with van der Waals surface area (Å²) in [5.41, 5.74) is -0.712. The van der Waals surface area contributed by atoms with Crippen molar-refractivity contribution in [3.63, 3.8) is 0 Å². The minimum Gasteiger partial charge on any atom is -0.388 e. The molecule has 1 amide bonds. The van der Waals surface area contributed by atoms with E-state index in [4.69, 9.17) is 0 Å². The predicted octanol–water partition coefficient (Wildman–Crippen LogP) is 1.46. The van der Waals surface area contributed by atoms with Crippen molar-refractivity contribution in [1.82, 2.24) is 5.32 Å². The lowest BCUT2D eigenvalue weighted by molar-refractivity contribution is -0.117. The molecular weight excluding hydrogens is 202 g/mol. The molecule has 0 spiro atoms. The lowest BCUT2D eigenvalue weighted by Gasteiger charge is -2.35. The first-order valence-electron chi connectivity index (χ1n) is 6.02. The average Bonchev–Trinajstić information content (AvgIpc) is 2.28. The molecule has 1 rings (SSSR count). The smallest absolute Gasteiger partial charge is 0.295 e. The van der Waals surface area contributed by atoms with Gasteiger partial charge in [0.05, 0.1) is 5.60 Å². The van der Waals surface area contributed by atoms with Crippen molar-refractivity contribution in [2.45, 2.75) is 51.6 Å². The van der Waals surface area contributed by atoms with Gasteiger partial charge in [-0.1, -0.05) is 19.3 Å². The third-order valence-electron chi connectivity index (χ3n) is 3.43. The number of nitrogens with one attached hydrogen (secondary N) is 1. The van der Waals surface area contributed by atoms with E-state index in [0.717, 1.165) is 31.6 Å². The first-order valence-corrected chi connectivity index (χ1v) is 6.02. The van der Waals surface area contributed by atoms with Gasteiger partial charge in [0.1, 0.15) is 0 Å². The van der Waals surface area contributed by atoms with Gasteiger partial charge in [-0.25, -0.2) is 0 Å². The maximum atomic E-state index is 11.2. The van der Waals surface area contributed by atoms with E-state index in [0.29, 0.717) is 6.54 Å². The van der Waals surface area contributed by atoms with Crippen molar-refractivity contribution < 1.29 is 9.90 Å². The summed E-state index contributed by atoms with van der Waals surface area (Å²) in [5.74, 6) is 5.40. The Morgan fingerprint density at radius 1 is 1.50 bits per heavy atom. The third kappa shape index (κ3) is 3.86. The second-order valence-corrected chi connectivity index (χ2v) is 4.63. The topological polar surface area (TPSA) is 49.3 Å². The van der Waals surface area contributed by atoms with Gasteiger partial charge in [-0.3, -0.25) is 4.79 Å². The summed E-state index contributed by atoms with van der Waals surface area (Å²) in [7, 11) is 0. The highest BCUT2D eigenvalue weighted by Crippen LogP contribution is 2.33. The number of hydrogen-bond acceptors (Lipinski definition) is 2. The zero-order chi connectivity index (χ0) is 12.0. The van der Waals surface area contributed by atoms with Crippen LogP contribution in [0.25, 0.3) is 0 Å². The quantitative estimate of drug-likeness (QED) is 0.712. The molecule has 0 heterocycles. The normalized spacial score (nSPS) is 29.1. The van der Waals surface area contributed by atoms with Crippen molar-refractivity contribution >= 4 is 5.91 Å². The highest BCUT2D eigenvalue weighted by molar-refractivity contribution is 5.93. The molecular formula is C13H21NO2. The van der Waals surface area contributed by atoms with Gasteiger partial charge in [0.2, 0.25) is 0 Å². The summed E-state index contributed by atoms with van der Waals surface area (Å²) >= 11 is 0. The number of aliphatic hydroxyl groups is 1. The monoisotopic (exact) mass is 223 g/mol. The van der Waals surface area contributed by atoms with Crippen LogP contribution in [0.3, 0.4) is 0 Å². The number of carbonyl (C=O) groups excluding carboxylic acids is 1. The molecule has 0 aromatic rings. The minimum absolute atomic E-state index is 0.298. The van der Waals surface area contributed by atoms with Crippen LogP contribution >= 0.6 is 0 Å². The fourth-order valence-electron chi connectivity index (χ4n) is 2.20. The van der Waals surface area contributed by atoms with E-state index in [1.165, 1.54) is 6.42 Å². The second-order valence-electron chi connectivity index (χ2n) is 4.63. The molecule has 0 aromatic heterocycles. The van der Waals surface area contributed by atoms with Crippen LogP contribution in [0, 0.1) is 17.8 Å². The van der Waals surface area contributed by atoms with Gasteiger partial charge in [-0.2, -0.15) is 0 Å². The number of amides is 1. The molecule has 0 atom stereocenters. The molecule has 0 saturated heterocycles. The van der Waals surface area contributed by atoms with Crippen molar-refractivity contribution in [2.24, 2.45) is 5.92 Å². The Morgan fingerprint density at radius 3 is 2.62 bits per heavy atom. The Labute approximate surface area is 97.6 Å². The molecule has 0 bridgehead atoms. The Morgan fingerprint density at radius 2 is 2.12 bits per heavy atom. The van der Waals surface area contributed by atoms with E-state index in [1.54, 1.807) is 6.92 Å². The van der Waals surface area contributed by atoms with Gasteiger partial charge >= 0.3 is 0 Å². The van der Waals surface area contributed by atoms with Crippen LogP contribution in [0.1, 0.15) is 46.0 Å². The second kappa shape index (κ2) is 5.91. The van der Waals surface area contributed by atoms with Crippen LogP contribution in [0.5, 0.6) is 0 Å². The predicted molar refractivity (Wildman–Crippen MR) is 63.7 cm³/mol. The van der Waals surface area contributed by atoms with Gasteiger partial charge in [0.15, 0.2) is 0 Å². The summed E-state index contributed by atoms with van der Waals surface area (Å²) < 4.78 is 0. The molecule has 0 aliphatic heterocycles. The Bertz CT molecular complexity index is 293. The van der Waals surface area contributed by atoms with Crippen LogP contribution in [0.4, 0.5) is 0 Å². The summed E-state index contributed by atoms with van der Waals surface area (Å²) in [6.07, 6.45) is 4.87. The lowest BCUT2D eigenvalue weighted by atomic mass is 9.78. The standard InChI is InChI=1S/C13H21NO2/c1-3-5-12(15)14-10-13(16)8-6-11(4-2)7-9-13/h11,16H,4,6-10H2,1-2H3,(H,14,15). The molecule has 16 heavy (non-hydrogen) atoms. The SMILES string of the molecule is CC#CC(=O)NCC1(O)CCC(CC)CC1. The minimum atomic E-state index is -0.712. The highest BCUT2D eigenvalue weighted by atomic mass is 16.3. The van der Waals surface area contributed by atoms with Crippen LogP contribution in [-0.2, 0) is 4.79 Å². The molecule has 3 nitrogen and oxygen atoms in total. The first kappa shape index (κ1) is 13.1. The summed E-state index contributed by atoms with van der Waals surface area (Å²) in [5, 5.41) is 12.9. The molecule has 2 N–H and O–H groups in total. The Balaban J connectivity index is 2.35. The molecule has 1 fully saturated rings. The fraction of sp³-hybridized carbons (Fsp3) is 0.769. The molecule has 0 aromatic carbocycles. The van der Waals surface area contributed by atoms with Crippen LogP contribution in [-0.4, -0.2) is 23.2 Å². The van der Waals surface area contributed by atoms with Gasteiger partial charge in [0, 0.05) is 6.54 Å². The van der Waals surface area contributed by atoms with Crippen LogP contribution in [0.2, 0.25) is 0 Å². The maximum absolute atomic E-state index is 11.2. The molecule has 1 saturated carbocycles. The third-order valence-corrected chi connectivity index (χ3v) is 3.43. The molecule has 90 valence electrons. The highest BCUT2D eigenvalue weighted by Gasteiger charge is 2.32. The largest absolute Gasteiger partial charge is 0.388 e. The van der Waals surface area contributed by atoms with Gasteiger partial charge in [-0.05, 0) is 44.4 Å². The molecule has 1 aliphatic carbocycles. The van der Waals surface area contributed by atoms with Crippen molar-refractivity contribution in [3.8, 4) is 11.8 Å². The maximum Gasteiger partial charge on any atom is 0.295 e. The Hall–Kier alpha value is -1.01. The van der Waals surface area contributed by atoms with E-state index in [1.807, 2.05) is 0 Å². The van der Waals surface area contributed by atoms with Crippen molar-refractivity contribution in [3.05, 3.63) is 0 Å².